The molecule has 4 N–H and O–H groups in total. The molecule has 0 fully saturated rings. The average Bonchev–Trinajstić information content (AvgIpc) is 2.32. The molecule has 4 nitrogen and oxygen atoms in total. The average molecular weight is 151 g/mol. The summed E-state index contributed by atoms with van der Waals surface area (Å²) in [6.07, 6.45) is 0. The number of phenolic OH excluding ortho intramolecular Hbond substituents is 1. The van der Waals surface area contributed by atoms with Gasteiger partial charge in [-0.2, -0.15) is 0 Å². The fourth-order valence-corrected chi connectivity index (χ4v) is 1.17. The lowest BCUT2D eigenvalue weighted by Gasteiger charge is -2.08. The van der Waals surface area contributed by atoms with Gasteiger partial charge in [0.25, 0.3) is 0 Å². The molecule has 0 spiro atoms. The molecule has 4 heteroatoms. The van der Waals surface area contributed by atoms with Crippen molar-refractivity contribution < 1.29 is 5.11 Å². The van der Waals surface area contributed by atoms with Gasteiger partial charge < -0.3 is 10.4 Å². The third-order valence-electron chi connectivity index (χ3n) is 1.73. The van der Waals surface area contributed by atoms with Gasteiger partial charge in [0.05, 0.1) is 11.4 Å². The van der Waals surface area contributed by atoms with Crippen molar-refractivity contribution in [3.8, 4) is 5.75 Å². The Kier molecular flexibility index (Phi) is 1.16. The molecule has 11 heavy (non-hydrogen) atoms. The number of aromatic hydroxyl groups is 1. The van der Waals surface area contributed by atoms with Gasteiger partial charge in [-0.15, -0.1) is 0 Å². The molecular weight excluding hydrogens is 142 g/mol. The van der Waals surface area contributed by atoms with Crippen LogP contribution in [0.15, 0.2) is 18.2 Å². The van der Waals surface area contributed by atoms with Crippen LogP contribution in [0.5, 0.6) is 5.75 Å². The van der Waals surface area contributed by atoms with Gasteiger partial charge in [0, 0.05) is 6.07 Å². The second-order valence-electron chi connectivity index (χ2n) is 2.51. The summed E-state index contributed by atoms with van der Waals surface area (Å²) in [5.74, 6) is 5.84. The molecule has 0 aromatic heterocycles. The maximum Gasteiger partial charge on any atom is 0.117 e. The minimum atomic E-state index is 0.256. The summed E-state index contributed by atoms with van der Waals surface area (Å²) in [6.45, 7) is 0.596. The maximum atomic E-state index is 9.08. The number of rotatable bonds is 0. The van der Waals surface area contributed by atoms with Crippen LogP contribution in [0.4, 0.5) is 11.4 Å². The predicted molar refractivity (Wildman–Crippen MR) is 43.3 cm³/mol. The van der Waals surface area contributed by atoms with Crippen molar-refractivity contribution in [2.24, 2.45) is 5.84 Å². The number of fused-ring (bicyclic) bond motifs is 1. The molecule has 1 aliphatic heterocycles. The Morgan fingerprint density at radius 1 is 1.55 bits per heavy atom. The molecule has 1 aliphatic rings. The highest BCUT2D eigenvalue weighted by atomic mass is 16.3. The second kappa shape index (κ2) is 2.03. The summed E-state index contributed by atoms with van der Waals surface area (Å²) in [5, 5.41) is 13.7. The minimum absolute atomic E-state index is 0.256. The van der Waals surface area contributed by atoms with E-state index in [1.165, 1.54) is 0 Å². The van der Waals surface area contributed by atoms with Crippen LogP contribution in [-0.2, 0) is 0 Å². The predicted octanol–water partition coefficient (Wildman–Crippen LogP) is 0.455. The summed E-state index contributed by atoms with van der Waals surface area (Å²) in [6, 6.07) is 5.05. The Hall–Kier alpha value is -1.42. The zero-order valence-electron chi connectivity index (χ0n) is 5.91. The molecule has 1 aromatic carbocycles. The minimum Gasteiger partial charge on any atom is -0.508 e. The Morgan fingerprint density at radius 2 is 2.36 bits per heavy atom. The first-order valence-corrected chi connectivity index (χ1v) is 3.36. The van der Waals surface area contributed by atoms with Gasteiger partial charge in [-0.05, 0) is 12.1 Å². The first-order valence-electron chi connectivity index (χ1n) is 3.36. The van der Waals surface area contributed by atoms with E-state index in [1.54, 1.807) is 23.2 Å². The summed E-state index contributed by atoms with van der Waals surface area (Å²) in [4.78, 5) is 0. The van der Waals surface area contributed by atoms with E-state index in [4.69, 9.17) is 10.9 Å². The molecule has 0 radical (unpaired) electrons. The van der Waals surface area contributed by atoms with Crippen molar-refractivity contribution in [1.82, 2.24) is 0 Å². The summed E-state index contributed by atoms with van der Waals surface area (Å²) in [7, 11) is 0. The standard InChI is InChI=1S/C7H9N3O/c8-10-4-9-6-3-5(11)1-2-7(6)10/h1-3,9,11H,4,8H2. The van der Waals surface area contributed by atoms with Gasteiger partial charge >= 0.3 is 0 Å². The fraction of sp³-hybridized carbons (Fsp3) is 0.143. The van der Waals surface area contributed by atoms with Gasteiger partial charge in [0.2, 0.25) is 0 Å². The van der Waals surface area contributed by atoms with Crippen molar-refractivity contribution >= 4 is 11.4 Å². The number of nitrogens with one attached hydrogen (secondary N) is 1. The van der Waals surface area contributed by atoms with Gasteiger partial charge in [0.15, 0.2) is 0 Å². The third kappa shape index (κ3) is 0.877. The van der Waals surface area contributed by atoms with Gasteiger partial charge in [-0.3, -0.25) is 5.01 Å². The highest BCUT2D eigenvalue weighted by molar-refractivity contribution is 5.75. The Bertz CT molecular complexity index is 287. The van der Waals surface area contributed by atoms with Crippen molar-refractivity contribution in [3.05, 3.63) is 18.2 Å². The molecule has 1 aromatic rings. The maximum absolute atomic E-state index is 9.08. The van der Waals surface area contributed by atoms with Crippen molar-refractivity contribution in [2.75, 3.05) is 17.0 Å². The zero-order chi connectivity index (χ0) is 7.84. The number of benzene rings is 1. The van der Waals surface area contributed by atoms with Crippen LogP contribution in [0.1, 0.15) is 0 Å². The molecule has 0 unspecified atom stereocenters. The van der Waals surface area contributed by atoms with Crippen LogP contribution in [0.3, 0.4) is 0 Å². The lowest BCUT2D eigenvalue weighted by molar-refractivity contribution is 0.476. The van der Waals surface area contributed by atoms with Crippen LogP contribution in [0.2, 0.25) is 0 Å². The van der Waals surface area contributed by atoms with E-state index in [0.29, 0.717) is 6.67 Å². The van der Waals surface area contributed by atoms with E-state index in [2.05, 4.69) is 5.32 Å². The molecule has 2 rings (SSSR count). The van der Waals surface area contributed by atoms with E-state index in [9.17, 15) is 0 Å². The van der Waals surface area contributed by atoms with Gasteiger partial charge in [-0.25, -0.2) is 5.84 Å². The zero-order valence-corrected chi connectivity index (χ0v) is 5.91. The smallest absolute Gasteiger partial charge is 0.117 e. The summed E-state index contributed by atoms with van der Waals surface area (Å²) >= 11 is 0. The molecular formula is C7H9N3O. The first-order chi connectivity index (χ1) is 5.27. The van der Waals surface area contributed by atoms with Crippen LogP contribution in [0, 0.1) is 0 Å². The van der Waals surface area contributed by atoms with E-state index >= 15 is 0 Å². The SMILES string of the molecule is NN1CNc2cc(O)ccc21. The molecule has 0 amide bonds. The summed E-state index contributed by atoms with van der Waals surface area (Å²) < 4.78 is 0. The summed E-state index contributed by atoms with van der Waals surface area (Å²) in [5.41, 5.74) is 1.80. The van der Waals surface area contributed by atoms with Crippen molar-refractivity contribution in [2.45, 2.75) is 0 Å². The molecule has 0 bridgehead atoms. The van der Waals surface area contributed by atoms with E-state index in [0.717, 1.165) is 11.4 Å². The molecule has 1 heterocycles. The number of phenols is 1. The molecule has 0 saturated carbocycles. The number of hydrazine groups is 1. The Balaban J connectivity index is 2.50. The normalized spacial score (nSPS) is 14.5. The number of hydrogen-bond acceptors (Lipinski definition) is 4. The molecule has 0 atom stereocenters. The van der Waals surface area contributed by atoms with Crippen LogP contribution < -0.4 is 16.2 Å². The fourth-order valence-electron chi connectivity index (χ4n) is 1.17. The van der Waals surface area contributed by atoms with E-state index in [-0.39, 0.29) is 5.75 Å². The molecule has 58 valence electrons. The van der Waals surface area contributed by atoms with Crippen LogP contribution in [0.25, 0.3) is 0 Å². The van der Waals surface area contributed by atoms with Crippen molar-refractivity contribution in [3.63, 3.8) is 0 Å². The van der Waals surface area contributed by atoms with Crippen LogP contribution in [-0.4, -0.2) is 11.8 Å². The Morgan fingerprint density at radius 3 is 3.18 bits per heavy atom. The number of nitrogens with zero attached hydrogens (tertiary/aromatic N) is 1. The first kappa shape index (κ1) is 6.30. The highest BCUT2D eigenvalue weighted by Crippen LogP contribution is 2.31. The monoisotopic (exact) mass is 151 g/mol. The largest absolute Gasteiger partial charge is 0.508 e. The lowest BCUT2D eigenvalue weighted by Crippen LogP contribution is -2.29. The van der Waals surface area contributed by atoms with Gasteiger partial charge in [-0.1, -0.05) is 0 Å². The third-order valence-corrected chi connectivity index (χ3v) is 1.73. The number of anilines is 2. The molecule has 0 saturated heterocycles. The number of nitrogens with two attached hydrogens (primary N) is 1. The lowest BCUT2D eigenvalue weighted by atomic mass is 10.2. The highest BCUT2D eigenvalue weighted by Gasteiger charge is 2.14. The van der Waals surface area contributed by atoms with Crippen molar-refractivity contribution in [1.29, 1.82) is 0 Å². The van der Waals surface area contributed by atoms with Gasteiger partial charge in [0.1, 0.15) is 12.4 Å². The second-order valence-corrected chi connectivity index (χ2v) is 2.51. The van der Waals surface area contributed by atoms with E-state index in [1.807, 2.05) is 0 Å². The quantitative estimate of drug-likeness (QED) is 0.471. The Labute approximate surface area is 64.2 Å². The number of hydrogen-bond donors (Lipinski definition) is 3. The molecule has 0 aliphatic carbocycles. The van der Waals surface area contributed by atoms with Crippen LogP contribution >= 0.6 is 0 Å². The van der Waals surface area contributed by atoms with E-state index < -0.39 is 0 Å². The topological polar surface area (TPSA) is 61.5 Å².